The van der Waals surface area contributed by atoms with Gasteiger partial charge in [-0.25, -0.2) is 8.42 Å². The maximum absolute atomic E-state index is 12.4. The van der Waals surface area contributed by atoms with E-state index in [0.717, 1.165) is 12.1 Å². The van der Waals surface area contributed by atoms with Gasteiger partial charge in [0.25, 0.3) is 5.91 Å². The molecule has 2 N–H and O–H groups in total. The molecule has 1 aromatic carbocycles. The molecule has 0 saturated heterocycles. The highest BCUT2D eigenvalue weighted by molar-refractivity contribution is 7.92. The fraction of sp³-hybridized carbons (Fsp3) is 0.588. The average Bonchev–Trinajstić information content (AvgIpc) is 2.49. The van der Waals surface area contributed by atoms with Gasteiger partial charge in [0.05, 0.1) is 11.3 Å². The van der Waals surface area contributed by atoms with Crippen LogP contribution in [0.4, 0.5) is 11.4 Å². The Morgan fingerprint density at radius 3 is 2.46 bits per heavy atom. The summed E-state index contributed by atoms with van der Waals surface area (Å²) in [4.78, 5) is 14.3. The van der Waals surface area contributed by atoms with Crippen molar-refractivity contribution in [3.63, 3.8) is 0 Å². The Kier molecular flexibility index (Phi) is 7.54. The Morgan fingerprint density at radius 2 is 1.92 bits per heavy atom. The molecule has 0 bridgehead atoms. The minimum absolute atomic E-state index is 0.0772. The maximum atomic E-state index is 12.4. The van der Waals surface area contributed by atoms with Crippen LogP contribution in [0.15, 0.2) is 18.2 Å². The van der Waals surface area contributed by atoms with Crippen LogP contribution in [0.1, 0.15) is 44.0 Å². The molecule has 0 saturated carbocycles. The van der Waals surface area contributed by atoms with Crippen molar-refractivity contribution in [3.8, 4) is 0 Å². The highest BCUT2D eigenvalue weighted by Gasteiger charge is 2.16. The van der Waals surface area contributed by atoms with Crippen molar-refractivity contribution in [1.82, 2.24) is 5.32 Å². The number of carbonyl (C=O) groups is 1. The summed E-state index contributed by atoms with van der Waals surface area (Å²) in [6, 6.07) is 5.02. The second kappa shape index (κ2) is 8.92. The Hall–Kier alpha value is -1.76. The monoisotopic (exact) mass is 355 g/mol. The highest BCUT2D eigenvalue weighted by Crippen LogP contribution is 2.24. The van der Waals surface area contributed by atoms with E-state index >= 15 is 0 Å². The van der Waals surface area contributed by atoms with Crippen molar-refractivity contribution < 1.29 is 13.2 Å². The summed E-state index contributed by atoms with van der Waals surface area (Å²) in [6.45, 7) is 6.55. The van der Waals surface area contributed by atoms with E-state index < -0.39 is 10.0 Å². The zero-order valence-electron chi connectivity index (χ0n) is 15.2. The van der Waals surface area contributed by atoms with Crippen molar-refractivity contribution in [3.05, 3.63) is 23.8 Å². The lowest BCUT2D eigenvalue weighted by atomic mass is 10.1. The molecule has 0 aliphatic carbocycles. The van der Waals surface area contributed by atoms with E-state index in [9.17, 15) is 13.2 Å². The summed E-state index contributed by atoms with van der Waals surface area (Å²) >= 11 is 0. The number of rotatable bonds is 9. The van der Waals surface area contributed by atoms with E-state index in [-0.39, 0.29) is 11.7 Å². The van der Waals surface area contributed by atoms with Gasteiger partial charge in [-0.1, -0.05) is 27.2 Å². The first-order valence-electron chi connectivity index (χ1n) is 8.26. The van der Waals surface area contributed by atoms with E-state index in [1.807, 2.05) is 39.8 Å². The fourth-order valence-corrected chi connectivity index (χ4v) is 3.39. The third-order valence-corrected chi connectivity index (χ3v) is 4.81. The minimum Gasteiger partial charge on any atom is -0.377 e. The van der Waals surface area contributed by atoms with Crippen LogP contribution < -0.4 is 14.9 Å². The van der Waals surface area contributed by atoms with Crippen LogP contribution in [-0.4, -0.2) is 40.7 Å². The zero-order valence-corrected chi connectivity index (χ0v) is 16.0. The summed E-state index contributed by atoms with van der Waals surface area (Å²) in [6.07, 6.45) is 1.41. The SMILES string of the molecule is CCCCS(=O)(=O)Nc1ccc(N(C)C)c(C(=O)NCC(C)C)c1. The summed E-state index contributed by atoms with van der Waals surface area (Å²) < 4.78 is 26.7. The van der Waals surface area contributed by atoms with Crippen LogP contribution in [0.25, 0.3) is 0 Å². The summed E-state index contributed by atoms with van der Waals surface area (Å²) in [5.41, 5.74) is 1.61. The topological polar surface area (TPSA) is 78.5 Å². The normalized spacial score (nSPS) is 11.4. The van der Waals surface area contributed by atoms with E-state index in [0.29, 0.717) is 30.1 Å². The fourth-order valence-electron chi connectivity index (χ4n) is 2.13. The minimum atomic E-state index is -3.39. The van der Waals surface area contributed by atoms with Gasteiger partial charge in [0.2, 0.25) is 10.0 Å². The van der Waals surface area contributed by atoms with Gasteiger partial charge in [-0.2, -0.15) is 0 Å². The molecule has 0 radical (unpaired) electrons. The summed E-state index contributed by atoms with van der Waals surface area (Å²) in [5, 5.41) is 2.88. The van der Waals surface area contributed by atoms with Crippen LogP contribution in [0.2, 0.25) is 0 Å². The largest absolute Gasteiger partial charge is 0.377 e. The van der Waals surface area contributed by atoms with Crippen molar-refractivity contribution in [2.24, 2.45) is 5.92 Å². The number of amides is 1. The predicted octanol–water partition coefficient (Wildman–Crippen LogP) is 2.68. The third-order valence-electron chi connectivity index (χ3n) is 3.43. The van der Waals surface area contributed by atoms with E-state index in [4.69, 9.17) is 0 Å². The van der Waals surface area contributed by atoms with Crippen molar-refractivity contribution in [2.75, 3.05) is 36.0 Å². The first-order valence-corrected chi connectivity index (χ1v) is 9.91. The smallest absolute Gasteiger partial charge is 0.253 e. The molecule has 6 nitrogen and oxygen atoms in total. The molecule has 0 spiro atoms. The lowest BCUT2D eigenvalue weighted by Crippen LogP contribution is -2.29. The molecule has 1 amide bonds. The first-order chi connectivity index (χ1) is 11.2. The maximum Gasteiger partial charge on any atom is 0.253 e. The zero-order chi connectivity index (χ0) is 18.3. The molecule has 7 heteroatoms. The van der Waals surface area contributed by atoms with Crippen LogP contribution in [-0.2, 0) is 10.0 Å². The van der Waals surface area contributed by atoms with Crippen LogP contribution in [0.3, 0.4) is 0 Å². The number of nitrogens with zero attached hydrogens (tertiary/aromatic N) is 1. The van der Waals surface area contributed by atoms with Gasteiger partial charge in [-0.15, -0.1) is 0 Å². The second-order valence-corrected chi connectivity index (χ2v) is 8.35. The van der Waals surface area contributed by atoms with Crippen molar-refractivity contribution in [1.29, 1.82) is 0 Å². The molecule has 0 aromatic heterocycles. The molecule has 0 atom stereocenters. The molecule has 0 unspecified atom stereocenters. The van der Waals surface area contributed by atoms with Gasteiger partial charge in [-0.05, 0) is 30.5 Å². The number of sulfonamides is 1. The van der Waals surface area contributed by atoms with Crippen molar-refractivity contribution >= 4 is 27.3 Å². The van der Waals surface area contributed by atoms with Gasteiger partial charge in [-0.3, -0.25) is 9.52 Å². The molecule has 1 aromatic rings. The highest BCUT2D eigenvalue weighted by atomic mass is 32.2. The Bertz CT molecular complexity index is 655. The lowest BCUT2D eigenvalue weighted by molar-refractivity contribution is 0.0949. The number of hydrogen-bond acceptors (Lipinski definition) is 4. The second-order valence-electron chi connectivity index (χ2n) is 6.50. The third kappa shape index (κ3) is 6.39. The number of carbonyl (C=O) groups excluding carboxylic acids is 1. The molecule has 1 rings (SSSR count). The van der Waals surface area contributed by atoms with Gasteiger partial charge in [0.1, 0.15) is 0 Å². The molecule has 0 aliphatic heterocycles. The van der Waals surface area contributed by atoms with Crippen LogP contribution in [0.5, 0.6) is 0 Å². The quantitative estimate of drug-likeness (QED) is 0.714. The van der Waals surface area contributed by atoms with Gasteiger partial charge in [0.15, 0.2) is 0 Å². The number of nitrogens with one attached hydrogen (secondary N) is 2. The molecular weight excluding hydrogens is 326 g/mol. The number of benzene rings is 1. The average molecular weight is 356 g/mol. The molecule has 24 heavy (non-hydrogen) atoms. The first kappa shape index (κ1) is 20.3. The van der Waals surface area contributed by atoms with Gasteiger partial charge >= 0.3 is 0 Å². The Labute approximate surface area is 145 Å². The number of hydrogen-bond donors (Lipinski definition) is 2. The Morgan fingerprint density at radius 1 is 1.25 bits per heavy atom. The van der Waals surface area contributed by atoms with Gasteiger partial charge < -0.3 is 10.2 Å². The predicted molar refractivity (Wildman–Crippen MR) is 100 cm³/mol. The molecule has 0 aliphatic rings. The van der Waals surface area contributed by atoms with Crippen LogP contribution >= 0.6 is 0 Å². The van der Waals surface area contributed by atoms with Gasteiger partial charge in [0, 0.05) is 32.0 Å². The molecule has 0 fully saturated rings. The van der Waals surface area contributed by atoms with E-state index in [1.54, 1.807) is 18.2 Å². The summed E-state index contributed by atoms with van der Waals surface area (Å²) in [7, 11) is 0.300. The Balaban J connectivity index is 3.05. The van der Waals surface area contributed by atoms with Crippen LogP contribution in [0, 0.1) is 5.92 Å². The van der Waals surface area contributed by atoms with E-state index in [2.05, 4.69) is 10.0 Å². The number of unbranched alkanes of at least 4 members (excludes halogenated alkanes) is 1. The van der Waals surface area contributed by atoms with E-state index in [1.165, 1.54) is 0 Å². The molecule has 136 valence electrons. The molecule has 0 heterocycles. The standard InChI is InChI=1S/C17H29N3O3S/c1-6-7-10-24(22,23)19-14-8-9-16(20(4)5)15(11-14)17(21)18-12-13(2)3/h8-9,11,13,19H,6-7,10,12H2,1-5H3,(H,18,21). The van der Waals surface area contributed by atoms with Crippen molar-refractivity contribution in [2.45, 2.75) is 33.6 Å². The summed E-state index contributed by atoms with van der Waals surface area (Å²) in [5.74, 6) is 0.211. The number of anilines is 2. The molecular formula is C17H29N3O3S. The lowest BCUT2D eigenvalue weighted by Gasteiger charge is -2.19.